The van der Waals surface area contributed by atoms with Crippen molar-refractivity contribution in [2.75, 3.05) is 53.4 Å². The number of ether oxygens (including phenoxy) is 5. The summed E-state index contributed by atoms with van der Waals surface area (Å²) in [7, 11) is 1.44. The average Bonchev–Trinajstić information content (AvgIpc) is 2.77. The third kappa shape index (κ3) is 7.98. The van der Waals surface area contributed by atoms with E-state index < -0.39 is 73.4 Å². The summed E-state index contributed by atoms with van der Waals surface area (Å²) in [6.07, 6.45) is -9.15. The number of hydrogen-bond acceptors (Lipinski definition) is 12. The van der Waals surface area contributed by atoms with E-state index in [1.807, 2.05) is 0 Å². The smallest absolute Gasteiger partial charge is 0.110 e. The van der Waals surface area contributed by atoms with Crippen molar-refractivity contribution in [3.63, 3.8) is 0 Å². The average molecular weight is 491 g/mol. The number of aliphatic hydroxyl groups excluding tert-OH is 7. The van der Waals surface area contributed by atoms with Crippen LogP contribution >= 0.6 is 0 Å². The summed E-state index contributed by atoms with van der Waals surface area (Å²) in [6.45, 7) is 0.515. The van der Waals surface area contributed by atoms with Crippen LogP contribution in [0.1, 0.15) is 6.92 Å². The summed E-state index contributed by atoms with van der Waals surface area (Å²) in [5.41, 5.74) is 0. The maximum atomic E-state index is 10.5. The molecule has 11 atom stereocenters. The number of halogens is 1. The minimum absolute atomic E-state index is 0. The maximum absolute atomic E-state index is 10.5. The lowest BCUT2D eigenvalue weighted by Gasteiger charge is -2.43. The minimum Gasteiger partial charge on any atom is -0.394 e. The molecular formula is C20H39FO12. The van der Waals surface area contributed by atoms with Gasteiger partial charge in [-0.25, -0.2) is 0 Å². The first kappa shape index (κ1) is 30.5. The zero-order valence-electron chi connectivity index (χ0n) is 18.9. The van der Waals surface area contributed by atoms with Gasteiger partial charge in [-0.1, -0.05) is 0 Å². The zero-order valence-corrected chi connectivity index (χ0v) is 18.9. The lowest BCUT2D eigenvalue weighted by atomic mass is 9.87. The first-order valence-electron chi connectivity index (χ1n) is 10.8. The highest BCUT2D eigenvalue weighted by Gasteiger charge is 2.46. The molecule has 11 unspecified atom stereocenters. The number of hydrogen-bond donors (Lipinski definition) is 7. The molecule has 2 fully saturated rings. The van der Waals surface area contributed by atoms with Gasteiger partial charge in [0.1, 0.15) is 24.4 Å². The standard InChI is InChI=1S/C20H38O12.FH/c1-10(23)5-29-8-15-20(27)18(25)12(14(4-22)32-15)7-30-9-16-19(26)17(24)11(6-28-2)13(3-21)31-16;/h10-27H,3-9H2,1-2H3;1H. The quantitative estimate of drug-likeness (QED) is 0.143. The molecule has 0 aromatic heterocycles. The van der Waals surface area contributed by atoms with Crippen molar-refractivity contribution in [2.24, 2.45) is 11.8 Å². The fraction of sp³-hybridized carbons (Fsp3) is 1.00. The van der Waals surface area contributed by atoms with Crippen LogP contribution in [0.3, 0.4) is 0 Å². The SMILES string of the molecule is COCC1C(CO)OC(COCC2C(CO)OC(COCC(C)O)C(O)C2O)C(O)C1O.F. The Morgan fingerprint density at radius 1 is 0.697 bits per heavy atom. The normalized spacial score (nSPS) is 40.3. The number of methoxy groups -OCH3 is 1. The largest absolute Gasteiger partial charge is 0.394 e. The van der Waals surface area contributed by atoms with E-state index in [1.165, 1.54) is 7.11 Å². The number of rotatable bonds is 12. The van der Waals surface area contributed by atoms with Crippen LogP contribution in [0.2, 0.25) is 0 Å². The summed E-state index contributed by atoms with van der Waals surface area (Å²) >= 11 is 0. The molecule has 2 saturated heterocycles. The van der Waals surface area contributed by atoms with E-state index in [9.17, 15) is 35.7 Å². The van der Waals surface area contributed by atoms with E-state index >= 15 is 0 Å². The topological polar surface area (TPSA) is 188 Å². The van der Waals surface area contributed by atoms with Crippen molar-refractivity contribution in [1.29, 1.82) is 0 Å². The molecule has 0 spiro atoms. The molecule has 2 aliphatic heterocycles. The summed E-state index contributed by atoms with van der Waals surface area (Å²) in [6, 6.07) is 0. The fourth-order valence-electron chi connectivity index (χ4n) is 4.11. The Morgan fingerprint density at radius 3 is 1.58 bits per heavy atom. The molecule has 0 aromatic rings. The number of aliphatic hydroxyl groups is 7. The van der Waals surface area contributed by atoms with Crippen molar-refractivity contribution in [3.8, 4) is 0 Å². The van der Waals surface area contributed by atoms with Gasteiger partial charge in [0.25, 0.3) is 0 Å². The molecule has 2 aliphatic rings. The van der Waals surface area contributed by atoms with Crippen molar-refractivity contribution < 1.29 is 64.1 Å². The van der Waals surface area contributed by atoms with Gasteiger partial charge in [0.05, 0.1) is 76.8 Å². The van der Waals surface area contributed by atoms with E-state index in [1.54, 1.807) is 6.92 Å². The summed E-state index contributed by atoms with van der Waals surface area (Å²) < 4.78 is 27.2. The molecule has 12 nitrogen and oxygen atoms in total. The van der Waals surface area contributed by atoms with E-state index in [0.29, 0.717) is 0 Å². The summed E-state index contributed by atoms with van der Waals surface area (Å²) in [5, 5.41) is 70.1. The lowest BCUT2D eigenvalue weighted by Crippen LogP contribution is -2.59. The minimum atomic E-state index is -1.30. The predicted molar refractivity (Wildman–Crippen MR) is 110 cm³/mol. The van der Waals surface area contributed by atoms with Gasteiger partial charge in [-0.3, -0.25) is 4.70 Å². The lowest BCUT2D eigenvalue weighted by molar-refractivity contribution is -0.243. The van der Waals surface area contributed by atoms with Crippen LogP contribution in [-0.4, -0.2) is 144 Å². The second-order valence-corrected chi connectivity index (χ2v) is 8.46. The molecule has 0 aliphatic carbocycles. The highest BCUT2D eigenvalue weighted by Crippen LogP contribution is 2.29. The Bertz CT molecular complexity index is 525. The molecule has 2 rings (SSSR count). The van der Waals surface area contributed by atoms with E-state index in [2.05, 4.69) is 0 Å². The van der Waals surface area contributed by atoms with E-state index in [0.717, 1.165) is 0 Å². The molecule has 2 heterocycles. The highest BCUT2D eigenvalue weighted by atomic mass is 19.0. The van der Waals surface area contributed by atoms with Crippen molar-refractivity contribution in [1.82, 2.24) is 0 Å². The van der Waals surface area contributed by atoms with Gasteiger partial charge in [0, 0.05) is 18.9 Å². The fourth-order valence-corrected chi connectivity index (χ4v) is 4.11. The third-order valence-electron chi connectivity index (χ3n) is 5.95. The Morgan fingerprint density at radius 2 is 1.15 bits per heavy atom. The van der Waals surface area contributed by atoms with Crippen molar-refractivity contribution in [2.45, 2.75) is 61.9 Å². The summed E-state index contributed by atoms with van der Waals surface area (Å²) in [5.74, 6) is -1.38. The van der Waals surface area contributed by atoms with Gasteiger partial charge in [-0.2, -0.15) is 0 Å². The Balaban J connectivity index is 0.00000544. The molecule has 33 heavy (non-hydrogen) atoms. The zero-order chi connectivity index (χ0) is 23.8. The van der Waals surface area contributed by atoms with Crippen LogP contribution < -0.4 is 0 Å². The van der Waals surface area contributed by atoms with Crippen LogP contribution in [0.5, 0.6) is 0 Å². The molecule has 0 aromatic carbocycles. The van der Waals surface area contributed by atoms with Gasteiger partial charge in [-0.15, -0.1) is 0 Å². The summed E-state index contributed by atoms with van der Waals surface area (Å²) in [4.78, 5) is 0. The van der Waals surface area contributed by atoms with Gasteiger partial charge < -0.3 is 59.4 Å². The molecule has 0 bridgehead atoms. The highest BCUT2D eigenvalue weighted by molar-refractivity contribution is 4.94. The van der Waals surface area contributed by atoms with Crippen LogP contribution in [0, 0.1) is 11.8 Å². The Labute approximate surface area is 192 Å². The Kier molecular flexibility index (Phi) is 13.6. The maximum Gasteiger partial charge on any atom is 0.110 e. The molecule has 0 saturated carbocycles. The molecule has 0 radical (unpaired) electrons. The first-order chi connectivity index (χ1) is 15.2. The van der Waals surface area contributed by atoms with Gasteiger partial charge >= 0.3 is 0 Å². The van der Waals surface area contributed by atoms with Crippen LogP contribution in [-0.2, 0) is 23.7 Å². The second kappa shape index (κ2) is 14.8. The first-order valence-corrected chi connectivity index (χ1v) is 10.8. The van der Waals surface area contributed by atoms with Crippen molar-refractivity contribution in [3.05, 3.63) is 0 Å². The van der Waals surface area contributed by atoms with Crippen LogP contribution in [0.25, 0.3) is 0 Å². The van der Waals surface area contributed by atoms with Gasteiger partial charge in [0.2, 0.25) is 0 Å². The Hall–Kier alpha value is -0.550. The molecular weight excluding hydrogens is 451 g/mol. The van der Waals surface area contributed by atoms with Crippen LogP contribution in [0.4, 0.5) is 4.70 Å². The second-order valence-electron chi connectivity index (χ2n) is 8.46. The van der Waals surface area contributed by atoms with E-state index in [4.69, 9.17) is 23.7 Å². The predicted octanol–water partition coefficient (Wildman–Crippen LogP) is -3.61. The molecule has 7 N–H and O–H groups in total. The van der Waals surface area contributed by atoms with Crippen LogP contribution in [0.15, 0.2) is 0 Å². The van der Waals surface area contributed by atoms with Crippen molar-refractivity contribution >= 4 is 0 Å². The van der Waals surface area contributed by atoms with Gasteiger partial charge in [-0.05, 0) is 6.92 Å². The third-order valence-corrected chi connectivity index (χ3v) is 5.95. The van der Waals surface area contributed by atoms with Gasteiger partial charge in [0.15, 0.2) is 0 Å². The monoisotopic (exact) mass is 490 g/mol. The van der Waals surface area contributed by atoms with E-state index in [-0.39, 0.29) is 44.3 Å². The molecule has 13 heteroatoms. The molecule has 198 valence electrons. The molecule has 0 amide bonds.